The van der Waals surface area contributed by atoms with Crippen LogP contribution in [-0.4, -0.2) is 26.6 Å². The number of rotatable bonds is 5. The Morgan fingerprint density at radius 2 is 1.91 bits per heavy atom. The number of anilines is 1. The number of hydrogen-bond donors (Lipinski definition) is 2. The zero-order valence-electron chi connectivity index (χ0n) is 12.3. The van der Waals surface area contributed by atoms with E-state index in [-0.39, 0.29) is 21.2 Å². The first-order valence-electron chi connectivity index (χ1n) is 6.45. The van der Waals surface area contributed by atoms with E-state index in [4.69, 9.17) is 21.4 Å². The van der Waals surface area contributed by atoms with E-state index in [1.165, 1.54) is 37.4 Å². The maximum atomic E-state index is 12.5. The first-order chi connectivity index (χ1) is 10.7. The number of hydrogen-bond acceptors (Lipinski definition) is 4. The molecule has 2 aromatic carbocycles. The SMILES string of the molecule is COc1ccc(NS(=O)(=O)c2cc(C(=O)O)ccc2C)cc1Cl. The monoisotopic (exact) mass is 355 g/mol. The largest absolute Gasteiger partial charge is 0.495 e. The smallest absolute Gasteiger partial charge is 0.335 e. The van der Waals surface area contributed by atoms with Crippen molar-refractivity contribution in [3.8, 4) is 5.75 Å². The number of nitrogens with one attached hydrogen (secondary N) is 1. The predicted molar refractivity (Wildman–Crippen MR) is 87.0 cm³/mol. The van der Waals surface area contributed by atoms with Crippen molar-refractivity contribution in [1.29, 1.82) is 0 Å². The maximum absolute atomic E-state index is 12.5. The molecule has 0 saturated heterocycles. The van der Waals surface area contributed by atoms with Gasteiger partial charge in [0.05, 0.1) is 28.3 Å². The van der Waals surface area contributed by atoms with Crippen molar-refractivity contribution in [2.24, 2.45) is 0 Å². The summed E-state index contributed by atoms with van der Waals surface area (Å²) < 4.78 is 32.3. The fraction of sp³-hybridized carbons (Fsp3) is 0.133. The number of carboxylic acids is 1. The summed E-state index contributed by atoms with van der Waals surface area (Å²) in [6.45, 7) is 1.58. The van der Waals surface area contributed by atoms with E-state index in [0.29, 0.717) is 11.3 Å². The van der Waals surface area contributed by atoms with Gasteiger partial charge < -0.3 is 9.84 Å². The van der Waals surface area contributed by atoms with Crippen LogP contribution in [0.25, 0.3) is 0 Å². The molecule has 0 radical (unpaired) electrons. The molecule has 2 rings (SSSR count). The molecule has 0 aliphatic heterocycles. The van der Waals surface area contributed by atoms with Gasteiger partial charge in [0, 0.05) is 0 Å². The lowest BCUT2D eigenvalue weighted by Crippen LogP contribution is -2.15. The second kappa shape index (κ2) is 6.47. The van der Waals surface area contributed by atoms with E-state index in [0.717, 1.165) is 6.07 Å². The van der Waals surface area contributed by atoms with Crippen LogP contribution in [-0.2, 0) is 10.0 Å². The highest BCUT2D eigenvalue weighted by Crippen LogP contribution is 2.29. The predicted octanol–water partition coefficient (Wildman–Crippen LogP) is 3.16. The third-order valence-electron chi connectivity index (χ3n) is 3.13. The first-order valence-corrected chi connectivity index (χ1v) is 8.31. The highest BCUT2D eigenvalue weighted by Gasteiger charge is 2.19. The number of aryl methyl sites for hydroxylation is 1. The van der Waals surface area contributed by atoms with Crippen LogP contribution in [0.2, 0.25) is 5.02 Å². The van der Waals surface area contributed by atoms with Gasteiger partial charge in [-0.25, -0.2) is 13.2 Å². The molecule has 2 aromatic rings. The summed E-state index contributed by atoms with van der Waals surface area (Å²) in [6, 6.07) is 8.35. The number of carboxylic acid groups (broad SMARTS) is 1. The molecule has 0 aliphatic rings. The van der Waals surface area contributed by atoms with E-state index >= 15 is 0 Å². The van der Waals surface area contributed by atoms with E-state index in [1.807, 2.05) is 0 Å². The summed E-state index contributed by atoms with van der Waals surface area (Å²) in [4.78, 5) is 10.9. The summed E-state index contributed by atoms with van der Waals surface area (Å²) in [5, 5.41) is 9.26. The minimum atomic E-state index is -3.95. The molecule has 122 valence electrons. The molecule has 0 unspecified atom stereocenters. The lowest BCUT2D eigenvalue weighted by molar-refractivity contribution is 0.0696. The van der Waals surface area contributed by atoms with Gasteiger partial charge in [-0.05, 0) is 42.8 Å². The molecule has 0 bridgehead atoms. The van der Waals surface area contributed by atoms with E-state index in [2.05, 4.69) is 4.72 Å². The van der Waals surface area contributed by atoms with Crippen molar-refractivity contribution < 1.29 is 23.1 Å². The quantitative estimate of drug-likeness (QED) is 0.859. The summed E-state index contributed by atoms with van der Waals surface area (Å²) in [5.41, 5.74) is 0.571. The number of ether oxygens (including phenoxy) is 1. The van der Waals surface area contributed by atoms with Crippen LogP contribution in [0.1, 0.15) is 15.9 Å². The van der Waals surface area contributed by atoms with Crippen LogP contribution >= 0.6 is 11.6 Å². The lowest BCUT2D eigenvalue weighted by atomic mass is 10.1. The molecular weight excluding hydrogens is 342 g/mol. The molecule has 0 fully saturated rings. The Bertz CT molecular complexity index is 864. The average Bonchev–Trinajstić information content (AvgIpc) is 2.47. The third-order valence-corrected chi connectivity index (χ3v) is 4.95. The summed E-state index contributed by atoms with van der Waals surface area (Å²) in [5.74, 6) is -0.785. The number of benzene rings is 2. The van der Waals surface area contributed by atoms with Gasteiger partial charge in [0.1, 0.15) is 5.75 Å². The van der Waals surface area contributed by atoms with Gasteiger partial charge in [0.2, 0.25) is 0 Å². The number of methoxy groups -OCH3 is 1. The minimum absolute atomic E-state index is 0.107. The topological polar surface area (TPSA) is 92.7 Å². The van der Waals surface area contributed by atoms with E-state index in [1.54, 1.807) is 6.92 Å². The highest BCUT2D eigenvalue weighted by atomic mass is 35.5. The van der Waals surface area contributed by atoms with E-state index in [9.17, 15) is 13.2 Å². The summed E-state index contributed by atoms with van der Waals surface area (Å²) in [7, 11) is -2.50. The van der Waals surface area contributed by atoms with Crippen LogP contribution in [0.5, 0.6) is 5.75 Å². The van der Waals surface area contributed by atoms with Crippen molar-refractivity contribution in [3.05, 3.63) is 52.5 Å². The standard InChI is InChI=1S/C15H14ClNO5S/c1-9-3-4-10(15(18)19)7-14(9)23(20,21)17-11-5-6-13(22-2)12(16)8-11/h3-8,17H,1-2H3,(H,18,19). The Kier molecular flexibility index (Phi) is 4.82. The molecule has 2 N–H and O–H groups in total. The zero-order valence-corrected chi connectivity index (χ0v) is 13.9. The number of carbonyl (C=O) groups is 1. The molecule has 0 atom stereocenters. The van der Waals surface area contributed by atoms with Crippen molar-refractivity contribution in [2.75, 3.05) is 11.8 Å². The van der Waals surface area contributed by atoms with Gasteiger partial charge in [-0.3, -0.25) is 4.72 Å². The van der Waals surface area contributed by atoms with Crippen molar-refractivity contribution in [3.63, 3.8) is 0 Å². The number of halogens is 1. The third kappa shape index (κ3) is 3.75. The second-order valence-electron chi connectivity index (χ2n) is 4.74. The molecule has 0 aliphatic carbocycles. The molecule has 0 spiro atoms. The Labute approximate surface area is 138 Å². The summed E-state index contributed by atoms with van der Waals surface area (Å²) in [6.07, 6.45) is 0. The minimum Gasteiger partial charge on any atom is -0.495 e. The van der Waals surface area contributed by atoms with Crippen molar-refractivity contribution in [2.45, 2.75) is 11.8 Å². The average molecular weight is 356 g/mol. The van der Waals surface area contributed by atoms with Gasteiger partial charge in [-0.1, -0.05) is 17.7 Å². The fourth-order valence-corrected chi connectivity index (χ4v) is 3.54. The molecule has 0 aromatic heterocycles. The van der Waals surface area contributed by atoms with Crippen LogP contribution in [0.3, 0.4) is 0 Å². The highest BCUT2D eigenvalue weighted by molar-refractivity contribution is 7.92. The maximum Gasteiger partial charge on any atom is 0.335 e. The number of sulfonamides is 1. The van der Waals surface area contributed by atoms with Crippen LogP contribution in [0, 0.1) is 6.92 Å². The van der Waals surface area contributed by atoms with E-state index < -0.39 is 16.0 Å². The lowest BCUT2D eigenvalue weighted by Gasteiger charge is -2.12. The van der Waals surface area contributed by atoms with Crippen LogP contribution in [0.4, 0.5) is 5.69 Å². The molecular formula is C15H14ClNO5S. The van der Waals surface area contributed by atoms with Gasteiger partial charge in [0.15, 0.2) is 0 Å². The Morgan fingerprint density at radius 1 is 1.22 bits per heavy atom. The molecule has 8 heteroatoms. The van der Waals surface area contributed by atoms with Crippen molar-refractivity contribution >= 4 is 33.3 Å². The van der Waals surface area contributed by atoms with Gasteiger partial charge in [-0.15, -0.1) is 0 Å². The van der Waals surface area contributed by atoms with Gasteiger partial charge in [-0.2, -0.15) is 0 Å². The normalized spacial score (nSPS) is 11.1. The summed E-state index contributed by atoms with van der Waals surface area (Å²) >= 11 is 5.96. The van der Waals surface area contributed by atoms with Gasteiger partial charge >= 0.3 is 5.97 Å². The Hall–Kier alpha value is -2.25. The molecule has 0 saturated carbocycles. The van der Waals surface area contributed by atoms with Crippen molar-refractivity contribution in [1.82, 2.24) is 0 Å². The Balaban J connectivity index is 2.41. The van der Waals surface area contributed by atoms with Crippen LogP contribution in [0.15, 0.2) is 41.3 Å². The molecule has 23 heavy (non-hydrogen) atoms. The molecule has 0 heterocycles. The number of aromatic carboxylic acids is 1. The van der Waals surface area contributed by atoms with Gasteiger partial charge in [0.25, 0.3) is 10.0 Å². The van der Waals surface area contributed by atoms with Crippen LogP contribution < -0.4 is 9.46 Å². The second-order valence-corrected chi connectivity index (χ2v) is 6.80. The fourth-order valence-electron chi connectivity index (χ4n) is 1.96. The molecule has 0 amide bonds. The molecule has 6 nitrogen and oxygen atoms in total. The zero-order chi connectivity index (χ0) is 17.2. The first kappa shape index (κ1) is 17.1. The Morgan fingerprint density at radius 3 is 2.48 bits per heavy atom.